The molecule has 1 aliphatic carbocycles. The Morgan fingerprint density at radius 1 is 1.24 bits per heavy atom. The van der Waals surface area contributed by atoms with Gasteiger partial charge in [-0.25, -0.2) is 4.98 Å². The predicted molar refractivity (Wildman–Crippen MR) is 94.3 cm³/mol. The van der Waals surface area contributed by atoms with Gasteiger partial charge in [-0.15, -0.1) is 11.3 Å². The molecule has 0 unspecified atom stereocenters. The minimum absolute atomic E-state index is 0.0994. The molecular weight excluding hydrogens is 338 g/mol. The van der Waals surface area contributed by atoms with Crippen LogP contribution in [-0.4, -0.2) is 21.8 Å². The highest BCUT2D eigenvalue weighted by Crippen LogP contribution is 2.33. The van der Waals surface area contributed by atoms with Gasteiger partial charge >= 0.3 is 0 Å². The van der Waals surface area contributed by atoms with Crippen molar-refractivity contribution in [1.82, 2.24) is 9.66 Å². The lowest BCUT2D eigenvalue weighted by Crippen LogP contribution is -2.22. The Bertz CT molecular complexity index is 1050. The highest BCUT2D eigenvalue weighted by Gasteiger charge is 2.19. The SMILES string of the molecule is O=C([O-])c1ccc(/C=N/n2cnc3sc4c(c3c2=O)CCCC4)cc1. The van der Waals surface area contributed by atoms with Gasteiger partial charge in [0, 0.05) is 4.88 Å². The fraction of sp³-hybridized carbons (Fsp3) is 0.222. The van der Waals surface area contributed by atoms with Crippen LogP contribution < -0.4 is 10.7 Å². The molecule has 0 saturated carbocycles. The number of fused-ring (bicyclic) bond motifs is 3. The number of thiophene rings is 1. The van der Waals surface area contributed by atoms with E-state index in [1.165, 1.54) is 34.2 Å². The maximum absolute atomic E-state index is 12.8. The van der Waals surface area contributed by atoms with Gasteiger partial charge in [-0.05, 0) is 42.4 Å². The third-order valence-electron chi connectivity index (χ3n) is 4.34. The summed E-state index contributed by atoms with van der Waals surface area (Å²) in [5.41, 5.74) is 1.75. The quantitative estimate of drug-likeness (QED) is 0.670. The van der Waals surface area contributed by atoms with Crippen molar-refractivity contribution in [3.8, 4) is 0 Å². The van der Waals surface area contributed by atoms with Gasteiger partial charge in [0.25, 0.3) is 5.56 Å². The summed E-state index contributed by atoms with van der Waals surface area (Å²) in [5.74, 6) is -1.23. The Labute approximate surface area is 147 Å². The number of carboxylic acid groups (broad SMARTS) is 1. The van der Waals surface area contributed by atoms with Crippen LogP contribution in [0.15, 0.2) is 40.5 Å². The topological polar surface area (TPSA) is 87.4 Å². The van der Waals surface area contributed by atoms with E-state index in [0.717, 1.165) is 36.1 Å². The van der Waals surface area contributed by atoms with Crippen LogP contribution in [0.3, 0.4) is 0 Å². The second kappa shape index (κ2) is 6.25. The summed E-state index contributed by atoms with van der Waals surface area (Å²) in [4.78, 5) is 29.9. The minimum atomic E-state index is -1.23. The Morgan fingerprint density at radius 2 is 2.00 bits per heavy atom. The fourth-order valence-electron chi connectivity index (χ4n) is 3.05. The molecule has 6 nitrogen and oxygen atoms in total. The van der Waals surface area contributed by atoms with Crippen molar-refractivity contribution in [2.75, 3.05) is 0 Å². The number of nitrogens with zero attached hydrogens (tertiary/aromatic N) is 3. The molecule has 7 heteroatoms. The molecule has 0 fully saturated rings. The minimum Gasteiger partial charge on any atom is -0.545 e. The molecule has 3 aromatic rings. The first-order valence-electron chi connectivity index (χ1n) is 8.01. The molecule has 1 aromatic carbocycles. The lowest BCUT2D eigenvalue weighted by atomic mass is 9.97. The first kappa shape index (κ1) is 15.7. The van der Waals surface area contributed by atoms with E-state index in [4.69, 9.17) is 0 Å². The molecule has 0 radical (unpaired) electrons. The normalized spacial score (nSPS) is 14.1. The van der Waals surface area contributed by atoms with Crippen molar-refractivity contribution in [3.05, 3.63) is 62.5 Å². The van der Waals surface area contributed by atoms with Crippen LogP contribution in [0.4, 0.5) is 0 Å². The highest BCUT2D eigenvalue weighted by molar-refractivity contribution is 7.18. The Morgan fingerprint density at radius 3 is 2.76 bits per heavy atom. The van der Waals surface area contributed by atoms with Gasteiger partial charge in [-0.1, -0.05) is 24.3 Å². The summed E-state index contributed by atoms with van der Waals surface area (Å²) in [6.45, 7) is 0. The van der Waals surface area contributed by atoms with Crippen LogP contribution >= 0.6 is 11.3 Å². The molecule has 1 aliphatic rings. The number of carbonyl (C=O) groups is 1. The molecule has 25 heavy (non-hydrogen) atoms. The van der Waals surface area contributed by atoms with E-state index >= 15 is 0 Å². The van der Waals surface area contributed by atoms with Gasteiger partial charge in [-0.3, -0.25) is 4.79 Å². The van der Waals surface area contributed by atoms with Gasteiger partial charge in [0.1, 0.15) is 11.2 Å². The second-order valence-electron chi connectivity index (χ2n) is 5.94. The molecule has 2 heterocycles. The largest absolute Gasteiger partial charge is 0.545 e. The number of carbonyl (C=O) groups excluding carboxylic acids is 1. The number of benzene rings is 1. The fourth-order valence-corrected chi connectivity index (χ4v) is 4.27. The van der Waals surface area contributed by atoms with Gasteiger partial charge in [0.15, 0.2) is 0 Å². The summed E-state index contributed by atoms with van der Waals surface area (Å²) in [5, 5.41) is 15.6. The van der Waals surface area contributed by atoms with E-state index < -0.39 is 5.97 Å². The summed E-state index contributed by atoms with van der Waals surface area (Å²) in [6.07, 6.45) is 7.13. The third-order valence-corrected chi connectivity index (χ3v) is 5.54. The zero-order valence-corrected chi connectivity index (χ0v) is 14.1. The molecule has 0 saturated heterocycles. The standard InChI is InChI=1S/C18H15N3O3S/c22-17-15-13-3-1-2-4-14(13)25-16(15)19-10-21(17)20-9-11-5-7-12(8-6-11)18(23)24/h5-10H,1-4H2,(H,23,24)/p-1/b20-9+. The molecule has 0 amide bonds. The first-order chi connectivity index (χ1) is 12.1. The lowest BCUT2D eigenvalue weighted by molar-refractivity contribution is -0.255. The Hall–Kier alpha value is -2.80. The average molecular weight is 352 g/mol. The molecular formula is C18H14N3O3S-. The lowest BCUT2D eigenvalue weighted by Gasteiger charge is -2.09. The second-order valence-corrected chi connectivity index (χ2v) is 7.02. The number of aromatic carboxylic acids is 1. The number of aromatic nitrogens is 2. The van der Waals surface area contributed by atoms with Crippen molar-refractivity contribution in [2.45, 2.75) is 25.7 Å². The predicted octanol–water partition coefficient (Wildman–Crippen LogP) is 1.58. The van der Waals surface area contributed by atoms with Crippen LogP contribution in [0.2, 0.25) is 0 Å². The van der Waals surface area contributed by atoms with Crippen LogP contribution in [0.1, 0.15) is 39.2 Å². The van der Waals surface area contributed by atoms with Crippen LogP contribution in [-0.2, 0) is 12.8 Å². The first-order valence-corrected chi connectivity index (χ1v) is 8.83. The maximum Gasteiger partial charge on any atom is 0.282 e. The molecule has 0 aliphatic heterocycles. The van der Waals surface area contributed by atoms with E-state index in [1.807, 2.05) is 0 Å². The smallest absolute Gasteiger partial charge is 0.282 e. The molecule has 0 spiro atoms. The Kier molecular flexibility index (Phi) is 3.93. The molecule has 0 bridgehead atoms. The molecule has 2 aromatic heterocycles. The van der Waals surface area contributed by atoms with Crippen molar-refractivity contribution in [2.24, 2.45) is 5.10 Å². The van der Waals surface area contributed by atoms with Gasteiger partial charge in [0.2, 0.25) is 0 Å². The summed E-state index contributed by atoms with van der Waals surface area (Å²) in [7, 11) is 0. The molecule has 0 atom stereocenters. The van der Waals surface area contributed by atoms with Gasteiger partial charge < -0.3 is 9.90 Å². The van der Waals surface area contributed by atoms with E-state index in [0.29, 0.717) is 10.9 Å². The van der Waals surface area contributed by atoms with E-state index in [-0.39, 0.29) is 11.1 Å². The summed E-state index contributed by atoms with van der Waals surface area (Å²) >= 11 is 1.60. The Balaban J connectivity index is 1.70. The molecule has 126 valence electrons. The van der Waals surface area contributed by atoms with Crippen LogP contribution in [0.25, 0.3) is 10.2 Å². The highest BCUT2D eigenvalue weighted by atomic mass is 32.1. The number of carboxylic acids is 1. The average Bonchev–Trinajstić information content (AvgIpc) is 3.01. The monoisotopic (exact) mass is 352 g/mol. The van der Waals surface area contributed by atoms with E-state index in [1.54, 1.807) is 23.5 Å². The van der Waals surface area contributed by atoms with E-state index in [2.05, 4.69) is 10.1 Å². The van der Waals surface area contributed by atoms with Crippen molar-refractivity contribution >= 4 is 33.7 Å². The maximum atomic E-state index is 12.8. The van der Waals surface area contributed by atoms with Gasteiger partial charge in [0.05, 0.1) is 17.6 Å². The zero-order chi connectivity index (χ0) is 17.4. The molecule has 0 N–H and O–H groups in total. The number of hydrogen-bond acceptors (Lipinski definition) is 6. The van der Waals surface area contributed by atoms with Crippen LogP contribution in [0.5, 0.6) is 0 Å². The van der Waals surface area contributed by atoms with E-state index in [9.17, 15) is 14.7 Å². The third kappa shape index (κ3) is 2.87. The zero-order valence-electron chi connectivity index (χ0n) is 13.3. The van der Waals surface area contributed by atoms with Crippen molar-refractivity contribution < 1.29 is 9.90 Å². The number of hydrogen-bond donors (Lipinski definition) is 0. The summed E-state index contributed by atoms with van der Waals surface area (Å²) < 4.78 is 1.23. The van der Waals surface area contributed by atoms with Crippen molar-refractivity contribution in [1.29, 1.82) is 0 Å². The van der Waals surface area contributed by atoms with Crippen LogP contribution in [0, 0.1) is 0 Å². The van der Waals surface area contributed by atoms with Gasteiger partial charge in [-0.2, -0.15) is 9.78 Å². The van der Waals surface area contributed by atoms with Crippen molar-refractivity contribution in [3.63, 3.8) is 0 Å². The summed E-state index contributed by atoms with van der Waals surface area (Å²) in [6, 6.07) is 6.10. The number of aryl methyl sites for hydroxylation is 2. The number of rotatable bonds is 3. The molecule has 4 rings (SSSR count).